The number of benzene rings is 1. The van der Waals surface area contributed by atoms with Gasteiger partial charge in [0, 0.05) is 24.2 Å². The summed E-state index contributed by atoms with van der Waals surface area (Å²) >= 11 is 0. The zero-order valence-corrected chi connectivity index (χ0v) is 14.3. The number of aliphatic hydroxyl groups is 1. The molecule has 6 heteroatoms. The van der Waals surface area contributed by atoms with Crippen LogP contribution in [0.5, 0.6) is 0 Å². The number of Topliss-reactive ketones (excluding diaryl/α,β-unsaturated/α-hetero) is 2. The Labute approximate surface area is 146 Å². The Kier molecular flexibility index (Phi) is 3.79. The van der Waals surface area contributed by atoms with Gasteiger partial charge >= 0.3 is 0 Å². The molecule has 0 aromatic heterocycles. The van der Waals surface area contributed by atoms with Gasteiger partial charge in [0.15, 0.2) is 11.5 Å². The average molecular weight is 343 g/mol. The summed E-state index contributed by atoms with van der Waals surface area (Å²) in [4.78, 5) is 28.1. The van der Waals surface area contributed by atoms with Gasteiger partial charge in [0.2, 0.25) is 5.78 Å². The number of ketones is 2. The number of carbonyl (C=O) groups excluding carboxylic acids is 2. The van der Waals surface area contributed by atoms with Crippen LogP contribution >= 0.6 is 0 Å². The third-order valence-electron chi connectivity index (χ3n) is 5.22. The molecule has 4 rings (SSSR count). The van der Waals surface area contributed by atoms with Crippen molar-refractivity contribution in [1.82, 2.24) is 4.90 Å². The first kappa shape index (κ1) is 16.4. The fraction of sp³-hybridized carbons (Fsp3) is 0.474. The van der Waals surface area contributed by atoms with Crippen LogP contribution in [0.1, 0.15) is 34.6 Å². The number of rotatable bonds is 1. The lowest BCUT2D eigenvalue weighted by molar-refractivity contribution is -0.121. The standard InChI is InChI=1S/C19H21NO5/c1-19(2)18(23)14(20-7-9-24-10-8-20)13-15(21)11-5-3-4-6-12(11)16(22)17(13)25-19/h3-6,14,18,23H,7-10H2,1-2H3/t14-,18-/m0/s1. The zero-order valence-electron chi connectivity index (χ0n) is 14.3. The minimum absolute atomic E-state index is 0.0792. The predicted octanol–water partition coefficient (Wildman–Crippen LogP) is 1.19. The maximum Gasteiger partial charge on any atom is 0.228 e. The number of morpholine rings is 1. The van der Waals surface area contributed by atoms with Gasteiger partial charge in [-0.2, -0.15) is 0 Å². The molecule has 0 unspecified atom stereocenters. The number of hydrogen-bond acceptors (Lipinski definition) is 6. The van der Waals surface area contributed by atoms with Crippen LogP contribution in [-0.4, -0.2) is 65.6 Å². The van der Waals surface area contributed by atoms with Crippen LogP contribution in [0.15, 0.2) is 35.6 Å². The van der Waals surface area contributed by atoms with E-state index in [4.69, 9.17) is 9.47 Å². The van der Waals surface area contributed by atoms with Gasteiger partial charge in [0.25, 0.3) is 0 Å². The number of allylic oxidation sites excluding steroid dienone is 1. The molecule has 2 heterocycles. The van der Waals surface area contributed by atoms with Gasteiger partial charge < -0.3 is 14.6 Å². The lowest BCUT2D eigenvalue weighted by Gasteiger charge is -2.48. The highest BCUT2D eigenvalue weighted by Crippen LogP contribution is 2.40. The van der Waals surface area contributed by atoms with Crippen LogP contribution in [-0.2, 0) is 9.47 Å². The summed E-state index contributed by atoms with van der Waals surface area (Å²) in [7, 11) is 0. The molecule has 1 aliphatic carbocycles. The fourth-order valence-electron chi connectivity index (χ4n) is 3.84. The third-order valence-corrected chi connectivity index (χ3v) is 5.22. The Morgan fingerprint density at radius 2 is 1.68 bits per heavy atom. The second-order valence-corrected chi connectivity index (χ2v) is 7.19. The van der Waals surface area contributed by atoms with E-state index >= 15 is 0 Å². The molecule has 1 fully saturated rings. The van der Waals surface area contributed by atoms with Crippen LogP contribution in [0.3, 0.4) is 0 Å². The Hall–Kier alpha value is -2.02. The van der Waals surface area contributed by atoms with Gasteiger partial charge in [-0.05, 0) is 13.8 Å². The van der Waals surface area contributed by atoms with Gasteiger partial charge in [-0.1, -0.05) is 24.3 Å². The lowest BCUT2D eigenvalue weighted by atomic mass is 9.77. The molecule has 2 atom stereocenters. The summed E-state index contributed by atoms with van der Waals surface area (Å²) in [6.45, 7) is 5.74. The molecule has 0 saturated carbocycles. The molecule has 1 saturated heterocycles. The van der Waals surface area contributed by atoms with Gasteiger partial charge in [0.05, 0.1) is 24.8 Å². The summed E-state index contributed by atoms with van der Waals surface area (Å²) in [6.07, 6.45) is -0.925. The van der Waals surface area contributed by atoms with Crippen LogP contribution in [0.4, 0.5) is 0 Å². The van der Waals surface area contributed by atoms with Crippen molar-refractivity contribution in [2.24, 2.45) is 0 Å². The molecule has 1 N–H and O–H groups in total. The van der Waals surface area contributed by atoms with E-state index in [1.54, 1.807) is 38.1 Å². The van der Waals surface area contributed by atoms with E-state index in [-0.39, 0.29) is 22.9 Å². The Morgan fingerprint density at radius 1 is 1.08 bits per heavy atom. The fourth-order valence-corrected chi connectivity index (χ4v) is 3.84. The first-order valence-electron chi connectivity index (χ1n) is 8.53. The summed E-state index contributed by atoms with van der Waals surface area (Å²) in [5.74, 6) is -0.449. The number of nitrogens with zero attached hydrogens (tertiary/aromatic N) is 1. The number of ether oxygens (including phenoxy) is 2. The van der Waals surface area contributed by atoms with Crippen LogP contribution < -0.4 is 0 Å². The predicted molar refractivity (Wildman–Crippen MR) is 89.5 cm³/mol. The van der Waals surface area contributed by atoms with E-state index in [0.717, 1.165) is 0 Å². The number of aliphatic hydroxyl groups excluding tert-OH is 1. The van der Waals surface area contributed by atoms with Crippen molar-refractivity contribution < 1.29 is 24.2 Å². The topological polar surface area (TPSA) is 76.1 Å². The minimum atomic E-state index is -0.968. The van der Waals surface area contributed by atoms with E-state index in [1.807, 2.05) is 4.90 Å². The lowest BCUT2D eigenvalue weighted by Crippen LogP contribution is -2.61. The number of fused-ring (bicyclic) bond motifs is 1. The number of carbonyl (C=O) groups is 2. The van der Waals surface area contributed by atoms with Crippen molar-refractivity contribution in [2.45, 2.75) is 31.6 Å². The van der Waals surface area contributed by atoms with Crippen molar-refractivity contribution in [3.8, 4) is 0 Å². The SMILES string of the molecule is CC1(C)OC2=C(C(=O)c3ccccc3C2=O)[C@H](N2CCOCC2)[C@@H]1O. The number of hydrogen-bond donors (Lipinski definition) is 1. The van der Waals surface area contributed by atoms with Crippen molar-refractivity contribution >= 4 is 11.6 Å². The molecule has 0 amide bonds. The quantitative estimate of drug-likeness (QED) is 0.825. The van der Waals surface area contributed by atoms with Crippen LogP contribution in [0, 0.1) is 0 Å². The Bertz CT molecular complexity index is 776. The molecule has 3 aliphatic rings. The first-order chi connectivity index (χ1) is 11.9. The third kappa shape index (κ3) is 2.44. The van der Waals surface area contributed by atoms with Gasteiger partial charge in [-0.3, -0.25) is 14.5 Å². The van der Waals surface area contributed by atoms with E-state index in [1.165, 1.54) is 0 Å². The summed E-state index contributed by atoms with van der Waals surface area (Å²) in [6, 6.07) is 6.19. The van der Waals surface area contributed by atoms with Crippen LogP contribution in [0.2, 0.25) is 0 Å². The molecule has 1 aromatic rings. The summed E-state index contributed by atoms with van der Waals surface area (Å²) in [5, 5.41) is 10.9. The monoisotopic (exact) mass is 343 g/mol. The van der Waals surface area contributed by atoms with E-state index in [0.29, 0.717) is 37.4 Å². The molecule has 6 nitrogen and oxygen atoms in total. The van der Waals surface area contributed by atoms with E-state index in [2.05, 4.69) is 0 Å². The Balaban J connectivity index is 1.87. The molecule has 2 aliphatic heterocycles. The highest BCUT2D eigenvalue weighted by Gasteiger charge is 2.52. The van der Waals surface area contributed by atoms with Gasteiger partial charge in [0.1, 0.15) is 11.7 Å². The maximum absolute atomic E-state index is 13.1. The van der Waals surface area contributed by atoms with Crippen molar-refractivity contribution in [3.63, 3.8) is 0 Å². The van der Waals surface area contributed by atoms with E-state index in [9.17, 15) is 14.7 Å². The molecule has 0 bridgehead atoms. The molecular weight excluding hydrogens is 322 g/mol. The van der Waals surface area contributed by atoms with E-state index < -0.39 is 17.7 Å². The highest BCUT2D eigenvalue weighted by molar-refractivity contribution is 6.26. The molecular formula is C19H21NO5. The van der Waals surface area contributed by atoms with Crippen molar-refractivity contribution in [2.75, 3.05) is 26.3 Å². The van der Waals surface area contributed by atoms with Crippen LogP contribution in [0.25, 0.3) is 0 Å². The maximum atomic E-state index is 13.1. The molecule has 132 valence electrons. The summed E-state index contributed by atoms with van der Waals surface area (Å²) in [5.41, 5.74) is 0.0425. The molecule has 25 heavy (non-hydrogen) atoms. The summed E-state index contributed by atoms with van der Waals surface area (Å²) < 4.78 is 11.2. The van der Waals surface area contributed by atoms with Gasteiger partial charge in [-0.25, -0.2) is 0 Å². The highest BCUT2D eigenvalue weighted by atomic mass is 16.5. The Morgan fingerprint density at radius 3 is 2.32 bits per heavy atom. The first-order valence-corrected chi connectivity index (χ1v) is 8.53. The largest absolute Gasteiger partial charge is 0.480 e. The second kappa shape index (κ2) is 5.76. The van der Waals surface area contributed by atoms with Crippen molar-refractivity contribution in [3.05, 3.63) is 46.7 Å². The molecule has 0 radical (unpaired) electrons. The average Bonchev–Trinajstić information content (AvgIpc) is 2.62. The van der Waals surface area contributed by atoms with Crippen molar-refractivity contribution in [1.29, 1.82) is 0 Å². The second-order valence-electron chi connectivity index (χ2n) is 7.19. The van der Waals surface area contributed by atoms with Gasteiger partial charge in [-0.15, -0.1) is 0 Å². The minimum Gasteiger partial charge on any atom is -0.480 e. The normalized spacial score (nSPS) is 29.1. The zero-order chi connectivity index (χ0) is 17.8. The smallest absolute Gasteiger partial charge is 0.228 e. The molecule has 0 spiro atoms. The molecule has 1 aromatic carbocycles.